The van der Waals surface area contributed by atoms with Gasteiger partial charge in [0, 0.05) is 26.2 Å². The van der Waals surface area contributed by atoms with Gasteiger partial charge in [0.05, 0.1) is 11.1 Å². The average Bonchev–Trinajstić information content (AvgIpc) is 2.41. The third-order valence-electron chi connectivity index (χ3n) is 3.64. The number of benzene rings is 1. The first kappa shape index (κ1) is 14.1. The second-order valence-electron chi connectivity index (χ2n) is 5.25. The number of nitrogens with zero attached hydrogens (tertiary/aromatic N) is 1. The van der Waals surface area contributed by atoms with Gasteiger partial charge in [-0.05, 0) is 32.0 Å². The van der Waals surface area contributed by atoms with Crippen LogP contribution in [-0.4, -0.2) is 42.4 Å². The predicted octanol–water partition coefficient (Wildman–Crippen LogP) is 1.83. The van der Waals surface area contributed by atoms with Crippen LogP contribution in [0.15, 0.2) is 18.2 Å². The van der Waals surface area contributed by atoms with Crippen LogP contribution < -0.4 is 5.32 Å². The lowest BCUT2D eigenvalue weighted by Gasteiger charge is -2.40. The molecule has 0 aromatic heterocycles. The van der Waals surface area contributed by atoms with Crippen LogP contribution in [0.2, 0.25) is 0 Å². The molecule has 0 amide bonds. The van der Waals surface area contributed by atoms with E-state index in [0.29, 0.717) is 0 Å². The zero-order chi connectivity index (χ0) is 14.0. The normalized spacial score (nSPS) is 17.5. The third-order valence-corrected chi connectivity index (χ3v) is 3.64. The van der Waals surface area contributed by atoms with Crippen LogP contribution in [0.1, 0.15) is 24.2 Å². The Morgan fingerprint density at radius 1 is 1.26 bits per heavy atom. The second kappa shape index (κ2) is 5.35. The van der Waals surface area contributed by atoms with Crippen molar-refractivity contribution < 1.29 is 13.6 Å². The molecule has 0 saturated carbocycles. The maximum absolute atomic E-state index is 13.7. The molecule has 1 N–H and O–H groups in total. The smallest absolute Gasteiger partial charge is 0.185 e. The summed E-state index contributed by atoms with van der Waals surface area (Å²) in [6.45, 7) is 6.53. The largest absolute Gasteiger partial charge is 0.314 e. The van der Waals surface area contributed by atoms with Crippen LogP contribution in [0.3, 0.4) is 0 Å². The van der Waals surface area contributed by atoms with Gasteiger partial charge in [-0.15, -0.1) is 0 Å². The highest BCUT2D eigenvalue weighted by atomic mass is 19.1. The Hall–Kier alpha value is -1.33. The summed E-state index contributed by atoms with van der Waals surface area (Å²) in [5.41, 5.74) is -1.01. The van der Waals surface area contributed by atoms with Crippen molar-refractivity contribution in [3.8, 4) is 0 Å². The molecular formula is C14H18F2N2O. The molecule has 1 aliphatic heterocycles. The van der Waals surface area contributed by atoms with Crippen LogP contribution in [0.5, 0.6) is 0 Å². The molecule has 1 aromatic rings. The molecule has 0 unspecified atom stereocenters. The molecule has 104 valence electrons. The van der Waals surface area contributed by atoms with Gasteiger partial charge in [0.2, 0.25) is 0 Å². The zero-order valence-corrected chi connectivity index (χ0v) is 11.2. The number of carbonyl (C=O) groups is 1. The number of hydrogen-bond donors (Lipinski definition) is 1. The second-order valence-corrected chi connectivity index (χ2v) is 5.25. The molecule has 1 aliphatic rings. The number of rotatable bonds is 3. The van der Waals surface area contributed by atoms with Crippen LogP contribution >= 0.6 is 0 Å². The minimum absolute atomic E-state index is 0.177. The molecule has 1 fully saturated rings. The molecule has 3 nitrogen and oxygen atoms in total. The van der Waals surface area contributed by atoms with Gasteiger partial charge in [0.15, 0.2) is 5.78 Å². The van der Waals surface area contributed by atoms with E-state index in [1.807, 2.05) is 4.90 Å². The van der Waals surface area contributed by atoms with E-state index in [1.54, 1.807) is 13.8 Å². The summed E-state index contributed by atoms with van der Waals surface area (Å²) in [4.78, 5) is 14.5. The van der Waals surface area contributed by atoms with Crippen molar-refractivity contribution in [2.75, 3.05) is 26.2 Å². The molecule has 0 radical (unpaired) electrons. The van der Waals surface area contributed by atoms with Gasteiger partial charge in [-0.1, -0.05) is 0 Å². The summed E-state index contributed by atoms with van der Waals surface area (Å²) in [5.74, 6) is -1.65. The molecule has 0 bridgehead atoms. The summed E-state index contributed by atoms with van der Waals surface area (Å²) in [6, 6.07) is 2.99. The Balaban J connectivity index is 2.28. The van der Waals surface area contributed by atoms with Crippen molar-refractivity contribution in [1.82, 2.24) is 10.2 Å². The Labute approximate surface area is 111 Å². The summed E-state index contributed by atoms with van der Waals surface area (Å²) in [7, 11) is 0. The fourth-order valence-corrected chi connectivity index (χ4v) is 2.37. The molecule has 0 aliphatic carbocycles. The van der Waals surface area contributed by atoms with E-state index in [9.17, 15) is 13.6 Å². The summed E-state index contributed by atoms with van der Waals surface area (Å²) in [6.07, 6.45) is 0. The van der Waals surface area contributed by atoms with E-state index >= 15 is 0 Å². The lowest BCUT2D eigenvalue weighted by Crippen LogP contribution is -2.57. The van der Waals surface area contributed by atoms with Crippen molar-refractivity contribution in [3.63, 3.8) is 0 Å². The molecule has 0 atom stereocenters. The number of halogens is 2. The van der Waals surface area contributed by atoms with Crippen LogP contribution in [0.4, 0.5) is 8.78 Å². The fourth-order valence-electron chi connectivity index (χ4n) is 2.37. The molecular weight excluding hydrogens is 250 g/mol. The summed E-state index contributed by atoms with van der Waals surface area (Å²) < 4.78 is 26.9. The van der Waals surface area contributed by atoms with Gasteiger partial charge in [-0.3, -0.25) is 9.69 Å². The van der Waals surface area contributed by atoms with Crippen molar-refractivity contribution in [2.24, 2.45) is 0 Å². The lowest BCUT2D eigenvalue weighted by atomic mass is 9.90. The maximum Gasteiger partial charge on any atom is 0.185 e. The maximum atomic E-state index is 13.7. The van der Waals surface area contributed by atoms with E-state index in [2.05, 4.69) is 5.32 Å². The molecule has 5 heteroatoms. The lowest BCUT2D eigenvalue weighted by molar-refractivity contribution is 0.0598. The van der Waals surface area contributed by atoms with E-state index in [0.717, 1.165) is 44.4 Å². The number of hydrogen-bond acceptors (Lipinski definition) is 3. The standard InChI is InChI=1S/C14H18F2N2O/c1-14(2,18-7-5-17-6-8-18)13(19)11-9-10(15)3-4-12(11)16/h3-4,9,17H,5-8H2,1-2H3. The quantitative estimate of drug-likeness (QED) is 0.849. The Morgan fingerprint density at radius 2 is 1.89 bits per heavy atom. The van der Waals surface area contributed by atoms with E-state index in [1.165, 1.54) is 0 Å². The minimum Gasteiger partial charge on any atom is -0.314 e. The highest BCUT2D eigenvalue weighted by Gasteiger charge is 2.36. The van der Waals surface area contributed by atoms with Gasteiger partial charge in [0.1, 0.15) is 11.6 Å². The average molecular weight is 268 g/mol. The Morgan fingerprint density at radius 3 is 2.53 bits per heavy atom. The van der Waals surface area contributed by atoms with Gasteiger partial charge in [0.25, 0.3) is 0 Å². The molecule has 19 heavy (non-hydrogen) atoms. The van der Waals surface area contributed by atoms with Crippen molar-refractivity contribution in [3.05, 3.63) is 35.4 Å². The first-order valence-corrected chi connectivity index (χ1v) is 6.38. The Bertz CT molecular complexity index is 482. The van der Waals surface area contributed by atoms with Crippen LogP contribution in [0.25, 0.3) is 0 Å². The first-order chi connectivity index (χ1) is 8.93. The molecule has 0 spiro atoms. The SMILES string of the molecule is CC(C)(C(=O)c1cc(F)ccc1F)N1CCNCC1. The highest BCUT2D eigenvalue weighted by molar-refractivity contribution is 6.02. The topological polar surface area (TPSA) is 32.3 Å². The van der Waals surface area contributed by atoms with E-state index in [-0.39, 0.29) is 11.3 Å². The number of Topliss-reactive ketones (excluding diaryl/α,β-unsaturated/α-hetero) is 1. The number of piperazine rings is 1. The zero-order valence-electron chi connectivity index (χ0n) is 11.2. The predicted molar refractivity (Wildman–Crippen MR) is 69.2 cm³/mol. The molecule has 1 heterocycles. The van der Waals surface area contributed by atoms with Crippen LogP contribution in [0, 0.1) is 11.6 Å². The van der Waals surface area contributed by atoms with Gasteiger partial charge in [-0.2, -0.15) is 0 Å². The summed E-state index contributed by atoms with van der Waals surface area (Å²) >= 11 is 0. The third kappa shape index (κ3) is 2.82. The van der Waals surface area contributed by atoms with Gasteiger partial charge in [-0.25, -0.2) is 8.78 Å². The van der Waals surface area contributed by atoms with E-state index < -0.39 is 17.2 Å². The fraction of sp³-hybridized carbons (Fsp3) is 0.500. The monoisotopic (exact) mass is 268 g/mol. The minimum atomic E-state index is -0.837. The van der Waals surface area contributed by atoms with Crippen LogP contribution in [-0.2, 0) is 0 Å². The van der Waals surface area contributed by atoms with Gasteiger partial charge >= 0.3 is 0 Å². The molecule has 2 rings (SSSR count). The van der Waals surface area contributed by atoms with Crippen molar-refractivity contribution >= 4 is 5.78 Å². The number of carbonyl (C=O) groups excluding carboxylic acids is 1. The van der Waals surface area contributed by atoms with Gasteiger partial charge < -0.3 is 5.32 Å². The molecule has 1 saturated heterocycles. The number of ketones is 1. The number of nitrogens with one attached hydrogen (secondary N) is 1. The van der Waals surface area contributed by atoms with Crippen molar-refractivity contribution in [2.45, 2.75) is 19.4 Å². The Kier molecular flexibility index (Phi) is 3.96. The highest BCUT2D eigenvalue weighted by Crippen LogP contribution is 2.23. The molecule has 1 aromatic carbocycles. The van der Waals surface area contributed by atoms with E-state index in [4.69, 9.17) is 0 Å². The summed E-state index contributed by atoms with van der Waals surface area (Å²) in [5, 5.41) is 3.20. The van der Waals surface area contributed by atoms with Crippen molar-refractivity contribution in [1.29, 1.82) is 0 Å². The first-order valence-electron chi connectivity index (χ1n) is 6.38.